The van der Waals surface area contributed by atoms with Crippen LogP contribution < -0.4 is 9.64 Å². The topological polar surface area (TPSA) is 34.0 Å². The van der Waals surface area contributed by atoms with Gasteiger partial charge in [0.25, 0.3) is 0 Å². The van der Waals surface area contributed by atoms with Gasteiger partial charge >= 0.3 is 0 Å². The molecule has 1 aromatic carbocycles. The largest absolute Gasteiger partial charge is 0.494 e. The van der Waals surface area contributed by atoms with Crippen molar-refractivity contribution in [1.29, 1.82) is 0 Å². The molecule has 20 heavy (non-hydrogen) atoms. The number of amides is 1. The molecule has 6 heteroatoms. The van der Waals surface area contributed by atoms with Crippen molar-refractivity contribution < 1.29 is 18.8 Å². The number of nitrogens with zero attached hydrogens (tertiary/aromatic N) is 1. The molecule has 0 saturated carbocycles. The van der Waals surface area contributed by atoms with Crippen molar-refractivity contribution in [3.8, 4) is 5.75 Å². The van der Waals surface area contributed by atoms with Crippen LogP contribution in [0.4, 0.5) is 4.39 Å². The van der Waals surface area contributed by atoms with Crippen LogP contribution in [0, 0.1) is 5.82 Å². The Kier molecular flexibility index (Phi) is 5.20. The van der Waals surface area contributed by atoms with E-state index in [0.717, 1.165) is 25.2 Å². The number of carbonyl (C=O) groups excluding carboxylic acids is 1. The molecule has 4 nitrogen and oxygen atoms in total. The van der Waals surface area contributed by atoms with E-state index in [2.05, 4.69) is 0 Å². The summed E-state index contributed by atoms with van der Waals surface area (Å²) in [5.41, 5.74) is 0.940. The minimum absolute atomic E-state index is 0.0128. The Balaban J connectivity index is 1.89. The van der Waals surface area contributed by atoms with E-state index in [1.165, 1.54) is 18.1 Å². The van der Waals surface area contributed by atoms with Crippen molar-refractivity contribution in [2.75, 3.05) is 39.2 Å². The van der Waals surface area contributed by atoms with E-state index in [1.807, 2.05) is 6.07 Å². The lowest BCUT2D eigenvalue weighted by Crippen LogP contribution is -3.13. The second-order valence-electron chi connectivity index (χ2n) is 4.91. The van der Waals surface area contributed by atoms with Crippen LogP contribution in [0.2, 0.25) is 0 Å². The number of quaternary nitrogens is 1. The average molecular weight is 302 g/mol. The standard InChI is InChI=1S/C14H18ClFN2O2/c1-20-13-3-2-11(8-12(13)16)10-17-4-6-18(7-5-17)14(19)9-15/h2-3,8H,4-7,9-10H2,1H3/p+1. The summed E-state index contributed by atoms with van der Waals surface area (Å²) in [4.78, 5) is 14.6. The first-order valence-electron chi connectivity index (χ1n) is 6.63. The van der Waals surface area contributed by atoms with Gasteiger partial charge in [-0.05, 0) is 18.2 Å². The monoisotopic (exact) mass is 301 g/mol. The van der Waals surface area contributed by atoms with Gasteiger partial charge in [0.15, 0.2) is 11.6 Å². The molecule has 0 aromatic heterocycles. The predicted octanol–water partition coefficient (Wildman–Crippen LogP) is 0.300. The lowest BCUT2D eigenvalue weighted by atomic mass is 10.2. The maximum Gasteiger partial charge on any atom is 0.237 e. The second kappa shape index (κ2) is 6.90. The molecule has 1 aliphatic rings. The van der Waals surface area contributed by atoms with Gasteiger partial charge in [0.1, 0.15) is 12.4 Å². The third kappa shape index (κ3) is 3.61. The first kappa shape index (κ1) is 15.1. The van der Waals surface area contributed by atoms with Crippen molar-refractivity contribution in [3.63, 3.8) is 0 Å². The molecule has 2 rings (SSSR count). The molecule has 1 amide bonds. The van der Waals surface area contributed by atoms with Crippen LogP contribution in [0.15, 0.2) is 18.2 Å². The summed E-state index contributed by atoms with van der Waals surface area (Å²) < 4.78 is 18.5. The Bertz CT molecular complexity index is 476. The molecule has 0 unspecified atom stereocenters. The number of benzene rings is 1. The molecule has 1 saturated heterocycles. The summed E-state index contributed by atoms with van der Waals surface area (Å²) in [7, 11) is 1.45. The van der Waals surface area contributed by atoms with E-state index in [0.29, 0.717) is 13.1 Å². The van der Waals surface area contributed by atoms with E-state index < -0.39 is 0 Å². The molecule has 0 aliphatic carbocycles. The fourth-order valence-corrected chi connectivity index (χ4v) is 2.61. The van der Waals surface area contributed by atoms with E-state index in [-0.39, 0.29) is 23.4 Å². The SMILES string of the molecule is COc1ccc(C[NH+]2CCN(C(=O)CCl)CC2)cc1F. The van der Waals surface area contributed by atoms with Crippen molar-refractivity contribution in [3.05, 3.63) is 29.6 Å². The number of piperazine rings is 1. The average Bonchev–Trinajstić information content (AvgIpc) is 2.47. The molecule has 0 bridgehead atoms. The first-order chi connectivity index (χ1) is 9.63. The lowest BCUT2D eigenvalue weighted by Gasteiger charge is -2.32. The van der Waals surface area contributed by atoms with Crippen molar-refractivity contribution >= 4 is 17.5 Å². The number of carbonyl (C=O) groups is 1. The maximum absolute atomic E-state index is 13.6. The number of nitrogens with one attached hydrogen (secondary N) is 1. The number of methoxy groups -OCH3 is 1. The van der Waals surface area contributed by atoms with Gasteiger partial charge in [0.2, 0.25) is 5.91 Å². The molecule has 0 spiro atoms. The van der Waals surface area contributed by atoms with E-state index in [1.54, 1.807) is 11.0 Å². The van der Waals surface area contributed by atoms with Gasteiger partial charge in [0.05, 0.1) is 33.3 Å². The summed E-state index contributed by atoms with van der Waals surface area (Å²) in [5, 5.41) is 0. The Morgan fingerprint density at radius 1 is 1.45 bits per heavy atom. The van der Waals surface area contributed by atoms with Crippen LogP contribution in [-0.2, 0) is 11.3 Å². The van der Waals surface area contributed by atoms with Gasteiger partial charge < -0.3 is 14.5 Å². The van der Waals surface area contributed by atoms with E-state index >= 15 is 0 Å². The van der Waals surface area contributed by atoms with Gasteiger partial charge in [-0.3, -0.25) is 4.79 Å². The molecule has 1 heterocycles. The Labute approximate surface area is 123 Å². The minimum Gasteiger partial charge on any atom is -0.494 e. The van der Waals surface area contributed by atoms with Gasteiger partial charge in [0, 0.05) is 5.56 Å². The number of alkyl halides is 1. The Morgan fingerprint density at radius 2 is 2.15 bits per heavy atom. The third-order valence-electron chi connectivity index (χ3n) is 3.61. The summed E-state index contributed by atoms with van der Waals surface area (Å²) in [6.45, 7) is 3.88. The highest BCUT2D eigenvalue weighted by Gasteiger charge is 2.23. The van der Waals surface area contributed by atoms with Gasteiger partial charge in [-0.15, -0.1) is 11.6 Å². The fourth-order valence-electron chi connectivity index (χ4n) is 2.44. The molecule has 0 atom stereocenters. The molecule has 0 radical (unpaired) electrons. The molecule has 1 aromatic rings. The highest BCUT2D eigenvalue weighted by atomic mass is 35.5. The molecule has 1 N–H and O–H groups in total. The summed E-state index contributed by atoms with van der Waals surface area (Å²) >= 11 is 5.55. The molecular formula is C14H19ClFN2O2+. The van der Waals surface area contributed by atoms with Crippen molar-refractivity contribution in [1.82, 2.24) is 4.90 Å². The molecule has 1 fully saturated rings. The fraction of sp³-hybridized carbons (Fsp3) is 0.500. The number of hydrogen-bond acceptors (Lipinski definition) is 2. The highest BCUT2D eigenvalue weighted by Crippen LogP contribution is 2.17. The quantitative estimate of drug-likeness (QED) is 0.812. The van der Waals surface area contributed by atoms with Gasteiger partial charge in [-0.2, -0.15) is 0 Å². The van der Waals surface area contributed by atoms with Gasteiger partial charge in [-0.25, -0.2) is 4.39 Å². The Morgan fingerprint density at radius 3 is 2.70 bits per heavy atom. The zero-order valence-corrected chi connectivity index (χ0v) is 12.3. The number of ether oxygens (including phenoxy) is 1. The van der Waals surface area contributed by atoms with Crippen LogP contribution in [-0.4, -0.2) is 50.0 Å². The van der Waals surface area contributed by atoms with E-state index in [4.69, 9.17) is 16.3 Å². The smallest absolute Gasteiger partial charge is 0.237 e. The number of halogens is 2. The number of rotatable bonds is 4. The Hall–Kier alpha value is -1.33. The number of hydrogen-bond donors (Lipinski definition) is 1. The highest BCUT2D eigenvalue weighted by molar-refractivity contribution is 6.27. The maximum atomic E-state index is 13.6. The zero-order valence-electron chi connectivity index (χ0n) is 11.5. The first-order valence-corrected chi connectivity index (χ1v) is 7.17. The van der Waals surface area contributed by atoms with Crippen LogP contribution in [0.25, 0.3) is 0 Å². The second-order valence-corrected chi connectivity index (χ2v) is 5.18. The predicted molar refractivity (Wildman–Crippen MR) is 74.7 cm³/mol. The lowest BCUT2D eigenvalue weighted by molar-refractivity contribution is -0.917. The summed E-state index contributed by atoms with van der Waals surface area (Å²) in [6.07, 6.45) is 0. The van der Waals surface area contributed by atoms with Crippen LogP contribution in [0.1, 0.15) is 5.56 Å². The zero-order chi connectivity index (χ0) is 14.5. The minimum atomic E-state index is -0.333. The normalized spacial score (nSPS) is 16.2. The third-order valence-corrected chi connectivity index (χ3v) is 3.84. The van der Waals surface area contributed by atoms with Crippen molar-refractivity contribution in [2.45, 2.75) is 6.54 Å². The molecule has 110 valence electrons. The molecular weight excluding hydrogens is 283 g/mol. The van der Waals surface area contributed by atoms with Crippen molar-refractivity contribution in [2.24, 2.45) is 0 Å². The van der Waals surface area contributed by atoms with Gasteiger partial charge in [-0.1, -0.05) is 0 Å². The van der Waals surface area contributed by atoms with Crippen LogP contribution >= 0.6 is 11.6 Å². The summed E-state index contributed by atoms with van der Waals surface area (Å²) in [6, 6.07) is 5.05. The van der Waals surface area contributed by atoms with Crippen LogP contribution in [0.5, 0.6) is 5.75 Å². The summed E-state index contributed by atoms with van der Waals surface area (Å²) in [5.74, 6) is -0.0400. The van der Waals surface area contributed by atoms with E-state index in [9.17, 15) is 9.18 Å². The van der Waals surface area contributed by atoms with Crippen LogP contribution in [0.3, 0.4) is 0 Å². The molecule has 1 aliphatic heterocycles.